The van der Waals surface area contributed by atoms with Gasteiger partial charge in [0.15, 0.2) is 0 Å². The number of H-pyrrole nitrogens is 1. The molecule has 2 aromatic rings. The van der Waals surface area contributed by atoms with Crippen LogP contribution in [-0.4, -0.2) is 36.1 Å². The molecule has 4 rings (SSSR count). The molecule has 1 aromatic carbocycles. The van der Waals surface area contributed by atoms with Gasteiger partial charge in [-0.15, -0.1) is 0 Å². The second kappa shape index (κ2) is 6.10. The third-order valence-corrected chi connectivity index (χ3v) is 5.68. The van der Waals surface area contributed by atoms with Crippen LogP contribution in [0.15, 0.2) is 35.9 Å². The first-order valence-corrected chi connectivity index (χ1v) is 8.83. The molecule has 0 radical (unpaired) electrons. The Morgan fingerprint density at radius 3 is 3.04 bits per heavy atom. The fourth-order valence-electron chi connectivity index (χ4n) is 4.39. The maximum absolute atomic E-state index is 11.8. The monoisotopic (exact) mass is 324 g/mol. The van der Waals surface area contributed by atoms with Crippen LogP contribution in [0.1, 0.15) is 37.1 Å². The first kappa shape index (κ1) is 15.5. The summed E-state index contributed by atoms with van der Waals surface area (Å²) in [7, 11) is 1.45. The van der Waals surface area contributed by atoms with Crippen molar-refractivity contribution < 1.29 is 9.53 Å². The number of fused-ring (bicyclic) bond motifs is 5. The maximum atomic E-state index is 11.8. The Labute approximate surface area is 142 Å². The molecule has 24 heavy (non-hydrogen) atoms. The van der Waals surface area contributed by atoms with E-state index in [4.69, 9.17) is 4.74 Å². The van der Waals surface area contributed by atoms with Crippen LogP contribution >= 0.6 is 0 Å². The summed E-state index contributed by atoms with van der Waals surface area (Å²) in [5, 5.41) is 1.35. The number of methoxy groups -OCH3 is 1. The number of piperidine rings is 1. The highest BCUT2D eigenvalue weighted by Crippen LogP contribution is 2.43. The molecular formula is C20H24N2O2. The summed E-state index contributed by atoms with van der Waals surface area (Å²) in [5.74, 6) is 0.218. The minimum Gasteiger partial charge on any atom is -0.466 e. The zero-order valence-corrected chi connectivity index (χ0v) is 14.3. The highest BCUT2D eigenvalue weighted by Gasteiger charge is 2.37. The number of rotatable bonds is 2. The fourth-order valence-corrected chi connectivity index (χ4v) is 4.39. The summed E-state index contributed by atoms with van der Waals surface area (Å²) in [4.78, 5) is 18.0. The van der Waals surface area contributed by atoms with Gasteiger partial charge in [0, 0.05) is 35.8 Å². The van der Waals surface area contributed by atoms with Crippen LogP contribution in [0, 0.1) is 5.92 Å². The zero-order chi connectivity index (χ0) is 16.7. The summed E-state index contributed by atoms with van der Waals surface area (Å²) in [6.07, 6.45) is 4.80. The average molecular weight is 324 g/mol. The number of nitrogens with zero attached hydrogens (tertiary/aromatic N) is 1. The molecule has 0 amide bonds. The molecular weight excluding hydrogens is 300 g/mol. The number of carbonyl (C=O) groups is 1. The Kier molecular flexibility index (Phi) is 3.93. The number of esters is 1. The average Bonchev–Trinajstić information content (AvgIpc) is 3.00. The van der Waals surface area contributed by atoms with Crippen LogP contribution in [0.2, 0.25) is 0 Å². The number of hydrogen-bond donors (Lipinski definition) is 1. The van der Waals surface area contributed by atoms with E-state index in [0.717, 1.165) is 32.4 Å². The standard InChI is InChI=1S/C20H24N2O2/c1-3-13-12-22-9-8-16-15-6-4-5-7-17(15)21-20(16)18(22)10-14(13)11-19(23)24-2/h4-7,11,13,18,21H,3,8-10,12H2,1-2H3/b14-11+/t13-,18-/m0/s1. The molecule has 0 bridgehead atoms. The van der Waals surface area contributed by atoms with Crippen molar-refractivity contribution in [3.05, 3.63) is 47.2 Å². The topological polar surface area (TPSA) is 45.3 Å². The highest BCUT2D eigenvalue weighted by molar-refractivity contribution is 5.85. The van der Waals surface area contributed by atoms with E-state index < -0.39 is 0 Å². The van der Waals surface area contributed by atoms with Gasteiger partial charge >= 0.3 is 5.97 Å². The number of aromatic amines is 1. The van der Waals surface area contributed by atoms with Gasteiger partial charge in [0.05, 0.1) is 13.2 Å². The van der Waals surface area contributed by atoms with E-state index in [1.807, 2.05) is 0 Å². The molecule has 0 spiro atoms. The summed E-state index contributed by atoms with van der Waals surface area (Å²) in [6, 6.07) is 8.90. The van der Waals surface area contributed by atoms with Crippen molar-refractivity contribution >= 4 is 16.9 Å². The van der Waals surface area contributed by atoms with Crippen LogP contribution in [0.25, 0.3) is 10.9 Å². The van der Waals surface area contributed by atoms with Crippen molar-refractivity contribution in [3.63, 3.8) is 0 Å². The summed E-state index contributed by atoms with van der Waals surface area (Å²) in [6.45, 7) is 4.33. The van der Waals surface area contributed by atoms with Crippen molar-refractivity contribution in [2.45, 2.75) is 32.2 Å². The predicted octanol–water partition coefficient (Wildman–Crippen LogP) is 3.60. The quantitative estimate of drug-likeness (QED) is 0.678. The van der Waals surface area contributed by atoms with Crippen LogP contribution in [0.5, 0.6) is 0 Å². The number of benzene rings is 1. The van der Waals surface area contributed by atoms with Gasteiger partial charge in [-0.2, -0.15) is 0 Å². The summed E-state index contributed by atoms with van der Waals surface area (Å²) in [5.41, 5.74) is 5.25. The van der Waals surface area contributed by atoms with Gasteiger partial charge in [0.1, 0.15) is 0 Å². The lowest BCUT2D eigenvalue weighted by Crippen LogP contribution is -2.43. The fraction of sp³-hybridized carbons (Fsp3) is 0.450. The van der Waals surface area contributed by atoms with Crippen molar-refractivity contribution in [3.8, 4) is 0 Å². The Hall–Kier alpha value is -2.07. The van der Waals surface area contributed by atoms with Gasteiger partial charge in [-0.05, 0) is 36.8 Å². The maximum Gasteiger partial charge on any atom is 0.330 e. The molecule has 1 aromatic heterocycles. The third-order valence-electron chi connectivity index (χ3n) is 5.68. The first-order chi connectivity index (χ1) is 11.7. The molecule has 2 aliphatic heterocycles. The molecule has 1 fully saturated rings. The van der Waals surface area contributed by atoms with E-state index in [0.29, 0.717) is 12.0 Å². The summed E-state index contributed by atoms with van der Waals surface area (Å²) < 4.78 is 4.86. The smallest absolute Gasteiger partial charge is 0.330 e. The van der Waals surface area contributed by atoms with Gasteiger partial charge in [-0.3, -0.25) is 4.90 Å². The normalized spacial score (nSPS) is 25.5. The lowest BCUT2D eigenvalue weighted by Gasteiger charge is -2.43. The second-order valence-corrected chi connectivity index (χ2v) is 6.88. The van der Waals surface area contributed by atoms with Gasteiger partial charge < -0.3 is 9.72 Å². The second-order valence-electron chi connectivity index (χ2n) is 6.88. The number of hydrogen-bond acceptors (Lipinski definition) is 3. The minimum atomic E-state index is -0.232. The first-order valence-electron chi connectivity index (χ1n) is 8.83. The van der Waals surface area contributed by atoms with E-state index in [-0.39, 0.29) is 5.97 Å². The molecule has 3 heterocycles. The molecule has 0 aliphatic carbocycles. The molecule has 0 unspecified atom stereocenters. The minimum absolute atomic E-state index is 0.232. The van der Waals surface area contributed by atoms with E-state index in [2.05, 4.69) is 41.1 Å². The summed E-state index contributed by atoms with van der Waals surface area (Å²) >= 11 is 0. The number of aromatic nitrogens is 1. The van der Waals surface area contributed by atoms with Gasteiger partial charge in [-0.1, -0.05) is 30.7 Å². The van der Waals surface area contributed by atoms with E-state index >= 15 is 0 Å². The Bertz CT molecular complexity index is 805. The van der Waals surface area contributed by atoms with Gasteiger partial charge in [0.25, 0.3) is 0 Å². The van der Waals surface area contributed by atoms with E-state index in [9.17, 15) is 4.79 Å². The molecule has 0 saturated carbocycles. The number of ether oxygens (including phenoxy) is 1. The molecule has 4 nitrogen and oxygen atoms in total. The number of carbonyl (C=O) groups excluding carboxylic acids is 1. The van der Waals surface area contributed by atoms with E-state index in [1.54, 1.807) is 6.08 Å². The highest BCUT2D eigenvalue weighted by atomic mass is 16.5. The third kappa shape index (κ3) is 2.46. The Morgan fingerprint density at radius 2 is 2.25 bits per heavy atom. The van der Waals surface area contributed by atoms with Gasteiger partial charge in [-0.25, -0.2) is 4.79 Å². The Morgan fingerprint density at radius 1 is 1.42 bits per heavy atom. The lowest BCUT2D eigenvalue weighted by atomic mass is 9.81. The van der Waals surface area contributed by atoms with Crippen LogP contribution in [0.4, 0.5) is 0 Å². The number of para-hydroxylation sites is 1. The SMILES string of the molecule is CC[C@H]1CN2CCc3c([nH]c4ccccc34)[C@@H]2C/C1=C\C(=O)OC. The lowest BCUT2D eigenvalue weighted by molar-refractivity contribution is -0.135. The number of nitrogens with one attached hydrogen (secondary N) is 1. The molecule has 1 saturated heterocycles. The van der Waals surface area contributed by atoms with Crippen molar-refractivity contribution in [1.29, 1.82) is 0 Å². The molecule has 2 atom stereocenters. The Balaban J connectivity index is 1.73. The molecule has 2 aliphatic rings. The van der Waals surface area contributed by atoms with Crippen molar-refractivity contribution in [2.24, 2.45) is 5.92 Å². The van der Waals surface area contributed by atoms with Crippen molar-refractivity contribution in [1.82, 2.24) is 9.88 Å². The van der Waals surface area contributed by atoms with Crippen LogP contribution in [-0.2, 0) is 16.0 Å². The van der Waals surface area contributed by atoms with Crippen molar-refractivity contribution in [2.75, 3.05) is 20.2 Å². The largest absolute Gasteiger partial charge is 0.466 e. The molecule has 1 N–H and O–H groups in total. The molecule has 126 valence electrons. The van der Waals surface area contributed by atoms with Gasteiger partial charge in [0.2, 0.25) is 0 Å². The predicted molar refractivity (Wildman–Crippen MR) is 94.8 cm³/mol. The van der Waals surface area contributed by atoms with Crippen LogP contribution in [0.3, 0.4) is 0 Å². The van der Waals surface area contributed by atoms with Crippen LogP contribution < -0.4 is 0 Å². The molecule has 4 heteroatoms. The zero-order valence-electron chi connectivity index (χ0n) is 14.3. The van der Waals surface area contributed by atoms with E-state index in [1.165, 1.54) is 34.8 Å².